The summed E-state index contributed by atoms with van der Waals surface area (Å²) in [6, 6.07) is 20.9. The molecule has 0 aliphatic carbocycles. The molecular formula is C22H20N6O2. The van der Waals surface area contributed by atoms with Crippen LogP contribution in [0.15, 0.2) is 79.1 Å². The van der Waals surface area contributed by atoms with Crippen molar-refractivity contribution in [3.8, 4) is 17.1 Å². The quantitative estimate of drug-likeness (QED) is 0.489. The smallest absolute Gasteiger partial charge is 0.243 e. The van der Waals surface area contributed by atoms with Gasteiger partial charge in [0, 0.05) is 30.1 Å². The van der Waals surface area contributed by atoms with Crippen molar-refractivity contribution in [1.29, 1.82) is 0 Å². The molecule has 30 heavy (non-hydrogen) atoms. The molecule has 1 amide bonds. The van der Waals surface area contributed by atoms with Crippen molar-refractivity contribution in [2.45, 2.75) is 19.7 Å². The van der Waals surface area contributed by atoms with Crippen LogP contribution in [-0.4, -0.2) is 31.1 Å². The SMILES string of the molecule is O=C(Cn1nnc(-c2ccccc2)n1)NCc1ccc(OCc2cccnc2)cc1. The molecule has 0 saturated carbocycles. The Morgan fingerprint density at radius 1 is 0.967 bits per heavy atom. The molecule has 0 bridgehead atoms. The third-order valence-electron chi connectivity index (χ3n) is 4.31. The van der Waals surface area contributed by atoms with Gasteiger partial charge in [-0.25, -0.2) is 0 Å². The van der Waals surface area contributed by atoms with E-state index in [-0.39, 0.29) is 12.5 Å². The van der Waals surface area contributed by atoms with Gasteiger partial charge in [0.05, 0.1) is 0 Å². The van der Waals surface area contributed by atoms with Crippen LogP contribution in [-0.2, 0) is 24.5 Å². The summed E-state index contributed by atoms with van der Waals surface area (Å²) < 4.78 is 5.74. The molecule has 0 saturated heterocycles. The molecule has 150 valence electrons. The number of aromatic nitrogens is 5. The number of carbonyl (C=O) groups is 1. The third kappa shape index (κ3) is 5.26. The second kappa shape index (κ2) is 9.42. The lowest BCUT2D eigenvalue weighted by Gasteiger charge is -2.08. The van der Waals surface area contributed by atoms with Crippen LogP contribution < -0.4 is 10.1 Å². The van der Waals surface area contributed by atoms with E-state index in [1.165, 1.54) is 4.80 Å². The Bertz CT molecular complexity index is 1080. The van der Waals surface area contributed by atoms with Crippen LogP contribution in [0.1, 0.15) is 11.1 Å². The fourth-order valence-electron chi connectivity index (χ4n) is 2.75. The minimum Gasteiger partial charge on any atom is -0.489 e. The zero-order valence-corrected chi connectivity index (χ0v) is 16.2. The summed E-state index contributed by atoms with van der Waals surface area (Å²) in [5.41, 5.74) is 2.83. The van der Waals surface area contributed by atoms with Gasteiger partial charge in [-0.15, -0.1) is 10.2 Å². The monoisotopic (exact) mass is 400 g/mol. The molecule has 4 aromatic rings. The van der Waals surface area contributed by atoms with Crippen molar-refractivity contribution >= 4 is 5.91 Å². The Balaban J connectivity index is 1.24. The zero-order valence-electron chi connectivity index (χ0n) is 16.2. The molecule has 8 nitrogen and oxygen atoms in total. The molecule has 8 heteroatoms. The standard InChI is InChI=1S/C22H20N6O2/c29-21(15-28-26-22(25-27-28)19-6-2-1-3-7-19)24-14-17-8-10-20(11-9-17)30-16-18-5-4-12-23-13-18/h1-13H,14-16H2,(H,24,29). The molecule has 0 spiro atoms. The normalized spacial score (nSPS) is 10.5. The third-order valence-corrected chi connectivity index (χ3v) is 4.31. The highest BCUT2D eigenvalue weighted by Gasteiger charge is 2.09. The molecule has 0 fully saturated rings. The van der Waals surface area contributed by atoms with E-state index in [0.29, 0.717) is 19.0 Å². The molecule has 1 N–H and O–H groups in total. The Morgan fingerprint density at radius 3 is 2.57 bits per heavy atom. The van der Waals surface area contributed by atoms with Gasteiger partial charge in [0.1, 0.15) is 18.9 Å². The molecule has 0 radical (unpaired) electrons. The van der Waals surface area contributed by atoms with E-state index < -0.39 is 0 Å². The van der Waals surface area contributed by atoms with Crippen LogP contribution in [0.5, 0.6) is 5.75 Å². The summed E-state index contributed by atoms with van der Waals surface area (Å²) in [4.78, 5) is 17.5. The average Bonchev–Trinajstić information content (AvgIpc) is 3.27. The number of hydrogen-bond acceptors (Lipinski definition) is 6. The fourth-order valence-corrected chi connectivity index (χ4v) is 2.75. The number of benzene rings is 2. The number of amides is 1. The maximum absolute atomic E-state index is 12.2. The molecule has 2 aromatic heterocycles. The summed E-state index contributed by atoms with van der Waals surface area (Å²) in [5, 5.41) is 15.0. The summed E-state index contributed by atoms with van der Waals surface area (Å²) in [6.07, 6.45) is 3.50. The van der Waals surface area contributed by atoms with E-state index in [1.54, 1.807) is 12.4 Å². The number of nitrogens with zero attached hydrogens (tertiary/aromatic N) is 5. The van der Waals surface area contributed by atoms with Crippen LogP contribution >= 0.6 is 0 Å². The van der Waals surface area contributed by atoms with Crippen molar-refractivity contribution in [1.82, 2.24) is 30.5 Å². The number of nitrogens with one attached hydrogen (secondary N) is 1. The minimum atomic E-state index is -0.191. The summed E-state index contributed by atoms with van der Waals surface area (Å²) in [5.74, 6) is 1.06. The number of rotatable bonds is 8. The maximum Gasteiger partial charge on any atom is 0.243 e. The van der Waals surface area contributed by atoms with Gasteiger partial charge in [-0.05, 0) is 29.0 Å². The average molecular weight is 400 g/mol. The Kier molecular flexibility index (Phi) is 6.05. The van der Waals surface area contributed by atoms with Gasteiger partial charge in [0.25, 0.3) is 0 Å². The maximum atomic E-state index is 12.2. The van der Waals surface area contributed by atoms with Crippen molar-refractivity contribution in [3.05, 3.63) is 90.3 Å². The molecule has 4 rings (SSSR count). The number of pyridine rings is 1. The van der Waals surface area contributed by atoms with E-state index in [0.717, 1.165) is 22.4 Å². The van der Waals surface area contributed by atoms with E-state index >= 15 is 0 Å². The lowest BCUT2D eigenvalue weighted by atomic mass is 10.2. The Hall–Kier alpha value is -4.07. The van der Waals surface area contributed by atoms with Gasteiger partial charge in [0.15, 0.2) is 0 Å². The lowest BCUT2D eigenvalue weighted by Crippen LogP contribution is -2.28. The zero-order chi connectivity index (χ0) is 20.6. The molecule has 0 unspecified atom stereocenters. The number of carbonyl (C=O) groups excluding carboxylic acids is 1. The van der Waals surface area contributed by atoms with Crippen LogP contribution in [0.2, 0.25) is 0 Å². The van der Waals surface area contributed by atoms with E-state index in [9.17, 15) is 4.79 Å². The number of tetrazole rings is 1. The Morgan fingerprint density at radius 2 is 1.80 bits per heavy atom. The second-order valence-electron chi connectivity index (χ2n) is 6.58. The summed E-state index contributed by atoms with van der Waals surface area (Å²) in [6.45, 7) is 0.869. The highest BCUT2D eigenvalue weighted by molar-refractivity contribution is 5.75. The lowest BCUT2D eigenvalue weighted by molar-refractivity contribution is -0.122. The topological polar surface area (TPSA) is 94.8 Å². The molecule has 2 aromatic carbocycles. The highest BCUT2D eigenvalue weighted by atomic mass is 16.5. The minimum absolute atomic E-state index is 0.00609. The van der Waals surface area contributed by atoms with Gasteiger partial charge >= 0.3 is 0 Å². The highest BCUT2D eigenvalue weighted by Crippen LogP contribution is 2.14. The molecule has 0 aliphatic heterocycles. The van der Waals surface area contributed by atoms with Gasteiger partial charge in [0.2, 0.25) is 11.7 Å². The first kappa shape index (κ1) is 19.3. The first-order valence-electron chi connectivity index (χ1n) is 9.47. The van der Waals surface area contributed by atoms with Crippen molar-refractivity contribution in [2.24, 2.45) is 0 Å². The molecular weight excluding hydrogens is 380 g/mol. The van der Waals surface area contributed by atoms with E-state index in [1.807, 2.05) is 66.7 Å². The predicted octanol–water partition coefficient (Wildman–Crippen LogP) is 2.63. The first-order valence-corrected chi connectivity index (χ1v) is 9.47. The summed E-state index contributed by atoms with van der Waals surface area (Å²) in [7, 11) is 0. The number of ether oxygens (including phenoxy) is 1. The predicted molar refractivity (Wildman–Crippen MR) is 110 cm³/mol. The van der Waals surface area contributed by atoms with E-state index in [4.69, 9.17) is 4.74 Å². The number of hydrogen-bond donors (Lipinski definition) is 1. The molecule has 0 atom stereocenters. The van der Waals surface area contributed by atoms with Crippen LogP contribution in [0, 0.1) is 0 Å². The van der Waals surface area contributed by atoms with Crippen LogP contribution in [0.3, 0.4) is 0 Å². The van der Waals surface area contributed by atoms with Crippen molar-refractivity contribution in [2.75, 3.05) is 0 Å². The van der Waals surface area contributed by atoms with Gasteiger partial charge in [-0.1, -0.05) is 48.5 Å². The van der Waals surface area contributed by atoms with Crippen LogP contribution in [0.25, 0.3) is 11.4 Å². The van der Waals surface area contributed by atoms with E-state index in [2.05, 4.69) is 25.7 Å². The largest absolute Gasteiger partial charge is 0.489 e. The van der Waals surface area contributed by atoms with Crippen molar-refractivity contribution in [3.63, 3.8) is 0 Å². The van der Waals surface area contributed by atoms with Crippen molar-refractivity contribution < 1.29 is 9.53 Å². The van der Waals surface area contributed by atoms with Crippen LogP contribution in [0.4, 0.5) is 0 Å². The molecule has 0 aliphatic rings. The van der Waals surface area contributed by atoms with Gasteiger partial charge in [-0.2, -0.15) is 4.80 Å². The van der Waals surface area contributed by atoms with Gasteiger partial charge < -0.3 is 10.1 Å². The fraction of sp³-hybridized carbons (Fsp3) is 0.136. The summed E-state index contributed by atoms with van der Waals surface area (Å²) >= 11 is 0. The molecule has 2 heterocycles. The second-order valence-corrected chi connectivity index (χ2v) is 6.58. The van der Waals surface area contributed by atoms with Gasteiger partial charge in [-0.3, -0.25) is 9.78 Å². The Labute approximate surface area is 173 Å². The first-order chi connectivity index (χ1) is 14.8.